The zero-order chi connectivity index (χ0) is 67.7. The van der Waals surface area contributed by atoms with Crippen LogP contribution in [0.5, 0.6) is 0 Å². The van der Waals surface area contributed by atoms with Gasteiger partial charge in [0.1, 0.15) is 0 Å². The molecule has 0 amide bonds. The van der Waals surface area contributed by atoms with Gasteiger partial charge in [0.05, 0.1) is 53.5 Å². The second-order valence-electron chi connectivity index (χ2n) is 26.1. The zero-order valence-electron chi connectivity index (χ0n) is 54.8. The summed E-state index contributed by atoms with van der Waals surface area (Å²) in [7, 11) is -1.46. The van der Waals surface area contributed by atoms with Gasteiger partial charge in [-0.3, -0.25) is 0 Å². The number of halogens is 1. The number of aromatic nitrogens is 4. The molecule has 6 aromatic heterocycles. The van der Waals surface area contributed by atoms with E-state index in [1.165, 1.54) is 155 Å². The number of hydrogen-bond acceptors (Lipinski definition) is 4. The smallest absolute Gasteiger partial charge is 0.423 e. The van der Waals surface area contributed by atoms with Crippen LogP contribution in [0.1, 0.15) is 0 Å². The molecule has 10 heteroatoms. The lowest BCUT2D eigenvalue weighted by Gasteiger charge is -2.12. The maximum absolute atomic E-state index is 9.43. The van der Waals surface area contributed by atoms with Crippen molar-refractivity contribution in [3.63, 3.8) is 0 Å². The maximum atomic E-state index is 9.43. The summed E-state index contributed by atoms with van der Waals surface area (Å²) in [4.78, 5) is 0. The number of rotatable bonds is 6. The minimum Gasteiger partial charge on any atom is -0.423 e. The van der Waals surface area contributed by atoms with Crippen LogP contribution >= 0.6 is 38.6 Å². The van der Waals surface area contributed by atoms with Crippen molar-refractivity contribution in [3.8, 4) is 33.9 Å². The monoisotopic (exact) mass is 1400 g/mol. The quantitative estimate of drug-likeness (QED) is 0.163. The summed E-state index contributed by atoms with van der Waals surface area (Å²) in [5, 5.41) is 39.0. The van der Waals surface area contributed by atoms with Crippen molar-refractivity contribution in [1.29, 1.82) is 0 Å². The molecule has 480 valence electrons. The maximum Gasteiger partial charge on any atom is 0.488 e. The third-order valence-corrected chi connectivity index (χ3v) is 23.5. The normalized spacial score (nSPS) is 11.9. The highest BCUT2D eigenvalue weighted by Gasteiger charge is 2.26. The predicted octanol–water partition coefficient (Wildman–Crippen LogP) is 24.6. The zero-order valence-corrected chi connectivity index (χ0v) is 58.0. The average molecular weight is 1410 g/mol. The second-order valence-corrected chi connectivity index (χ2v) is 29.1. The van der Waals surface area contributed by atoms with E-state index in [2.05, 4.69) is 325 Å². The Kier molecular flexibility index (Phi) is 14.3. The molecule has 2 N–H and O–H groups in total. The molecule has 102 heavy (non-hydrogen) atoms. The van der Waals surface area contributed by atoms with Crippen LogP contribution in [0.15, 0.2) is 344 Å². The lowest BCUT2D eigenvalue weighted by Crippen LogP contribution is -2.29. The third kappa shape index (κ3) is 9.45. The number of fused-ring (bicyclic) bond motifs is 24. The van der Waals surface area contributed by atoms with Gasteiger partial charge in [-0.2, -0.15) is 0 Å². The highest BCUT2D eigenvalue weighted by molar-refractivity contribution is 9.10. The molecule has 6 nitrogen and oxygen atoms in total. The predicted molar refractivity (Wildman–Crippen MR) is 440 cm³/mol. The standard InChI is InChI=1S/C46H28N2S.C28H16BrNS.C18H14BNO2/c1-3-14-31(15-4-1)47-40-21-11-9-19-34(40)38-27-30(24-26-41(38)47)37-28-39-35-25-23-29-13-7-8-18-33(29)44(35)48(32-16-5-2-6-17-32)45(39)46-43(37)36-20-10-12-22-42(36)49-46;29-23-16-22-20-15-14-17-8-4-5-11-19(17)26(20)30(18-9-2-1-3-10-18)27(22)28-25(23)21-12-6-7-13-24(21)31-28;21-19(22)13-10-11-18-16(12-13)15-8-4-5-9-17(15)20(18)14-6-2-1-3-7-14/h1-28H;1-16H;1-12,21-22H. The van der Waals surface area contributed by atoms with Gasteiger partial charge in [-0.1, -0.05) is 253 Å². The molecule has 0 bridgehead atoms. The first-order chi connectivity index (χ1) is 50.4. The van der Waals surface area contributed by atoms with Crippen molar-refractivity contribution >= 4 is 200 Å². The van der Waals surface area contributed by atoms with Crippen LogP contribution in [-0.4, -0.2) is 35.4 Å². The van der Waals surface area contributed by atoms with E-state index in [1.54, 1.807) is 6.07 Å². The summed E-state index contributed by atoms with van der Waals surface area (Å²) in [5.74, 6) is 0. The van der Waals surface area contributed by atoms with Gasteiger partial charge in [0, 0.05) is 112 Å². The molecule has 0 unspecified atom stereocenters. The Morgan fingerprint density at radius 1 is 0.265 bits per heavy atom. The molecule has 22 aromatic rings. The lowest BCUT2D eigenvalue weighted by atomic mass is 9.80. The fourth-order valence-corrected chi connectivity index (χ4v) is 19.4. The van der Waals surface area contributed by atoms with Gasteiger partial charge < -0.3 is 28.3 Å². The van der Waals surface area contributed by atoms with Gasteiger partial charge in [0.15, 0.2) is 0 Å². The molecule has 0 aliphatic heterocycles. The van der Waals surface area contributed by atoms with E-state index in [9.17, 15) is 10.0 Å². The fraction of sp³-hybridized carbons (Fsp3) is 0. The van der Waals surface area contributed by atoms with Crippen LogP contribution < -0.4 is 5.46 Å². The molecule has 0 spiro atoms. The largest absolute Gasteiger partial charge is 0.488 e. The van der Waals surface area contributed by atoms with Crippen LogP contribution in [0.2, 0.25) is 0 Å². The van der Waals surface area contributed by atoms with E-state index in [4.69, 9.17) is 0 Å². The van der Waals surface area contributed by atoms with E-state index in [0.717, 1.165) is 32.0 Å². The molecular formula is C92H58BBrN4O2S2. The number of benzene rings is 16. The van der Waals surface area contributed by atoms with Crippen molar-refractivity contribution in [2.24, 2.45) is 0 Å². The Bertz CT molecular complexity index is 7110. The average Bonchev–Trinajstić information content (AvgIpc) is 1.52. The van der Waals surface area contributed by atoms with Crippen LogP contribution in [-0.2, 0) is 0 Å². The van der Waals surface area contributed by atoms with Crippen molar-refractivity contribution in [3.05, 3.63) is 344 Å². The van der Waals surface area contributed by atoms with Gasteiger partial charge in [-0.05, 0) is 130 Å². The summed E-state index contributed by atoms with van der Waals surface area (Å²) in [6.45, 7) is 0. The first-order valence-corrected chi connectivity index (χ1v) is 36.7. The summed E-state index contributed by atoms with van der Waals surface area (Å²) in [6.07, 6.45) is 0. The highest BCUT2D eigenvalue weighted by atomic mass is 79.9. The molecule has 0 saturated carbocycles. The second kappa shape index (κ2) is 24.2. The van der Waals surface area contributed by atoms with Crippen molar-refractivity contribution in [2.75, 3.05) is 0 Å². The molecule has 0 radical (unpaired) electrons. The molecule has 16 aromatic carbocycles. The molecular weight excluding hydrogens is 1350 g/mol. The minimum atomic E-state index is -1.46. The van der Waals surface area contributed by atoms with Crippen LogP contribution in [0.3, 0.4) is 0 Å². The van der Waals surface area contributed by atoms with Crippen molar-refractivity contribution < 1.29 is 10.0 Å². The van der Waals surface area contributed by atoms with Gasteiger partial charge >= 0.3 is 7.12 Å². The Morgan fingerprint density at radius 2 is 0.647 bits per heavy atom. The highest BCUT2D eigenvalue weighted by Crippen LogP contribution is 2.51. The van der Waals surface area contributed by atoms with Gasteiger partial charge in [-0.25, -0.2) is 0 Å². The van der Waals surface area contributed by atoms with Gasteiger partial charge in [-0.15, -0.1) is 22.7 Å². The van der Waals surface area contributed by atoms with E-state index < -0.39 is 7.12 Å². The first-order valence-electron chi connectivity index (χ1n) is 34.3. The van der Waals surface area contributed by atoms with Crippen molar-refractivity contribution in [2.45, 2.75) is 0 Å². The molecule has 6 heterocycles. The van der Waals surface area contributed by atoms with Crippen LogP contribution in [0.4, 0.5) is 0 Å². The SMILES string of the molecule is Brc1cc2c3ccc4ccccc4c3n(-c3ccccc3)c2c2sc3ccccc3c12.OB(O)c1ccc2c(c1)c1ccccc1n2-c1ccccc1.c1ccc(-n2c3ccccc3c3cc(-c4cc5c6ccc7ccccc7c6n(-c6ccccc6)c5c5sc6ccccc6c45)ccc32)cc1. The molecule has 0 saturated heterocycles. The Balaban J connectivity index is 0.000000112. The number of nitrogens with zero attached hydrogens (tertiary/aromatic N) is 4. The Morgan fingerprint density at radius 3 is 1.15 bits per heavy atom. The molecule has 22 rings (SSSR count). The van der Waals surface area contributed by atoms with E-state index in [0.29, 0.717) is 5.46 Å². The van der Waals surface area contributed by atoms with Gasteiger partial charge in [0.2, 0.25) is 0 Å². The minimum absolute atomic E-state index is 0.503. The number of hydrogen-bond donors (Lipinski definition) is 2. The Labute approximate surface area is 602 Å². The molecule has 0 aliphatic rings. The molecule has 0 fully saturated rings. The Hall–Kier alpha value is -11.9. The molecule has 0 atom stereocenters. The topological polar surface area (TPSA) is 60.2 Å². The molecule has 0 aliphatic carbocycles. The summed E-state index contributed by atoms with van der Waals surface area (Å²) < 4.78 is 16.0. The summed E-state index contributed by atoms with van der Waals surface area (Å²) in [6, 6.07) is 121. The number of thiophene rings is 2. The number of para-hydroxylation sites is 6. The van der Waals surface area contributed by atoms with Crippen LogP contribution in [0.25, 0.3) is 183 Å². The first kappa shape index (κ1) is 60.1. The van der Waals surface area contributed by atoms with E-state index >= 15 is 0 Å². The van der Waals surface area contributed by atoms with Crippen molar-refractivity contribution in [1.82, 2.24) is 18.3 Å². The fourth-order valence-electron chi connectivity index (χ4n) is 16.1. The van der Waals surface area contributed by atoms with E-state index in [-0.39, 0.29) is 0 Å². The summed E-state index contributed by atoms with van der Waals surface area (Å²) >= 11 is 7.71. The van der Waals surface area contributed by atoms with Gasteiger partial charge in [0.25, 0.3) is 0 Å². The lowest BCUT2D eigenvalue weighted by molar-refractivity contribution is 0.426. The van der Waals surface area contributed by atoms with E-state index in [1.807, 2.05) is 65.1 Å². The van der Waals surface area contributed by atoms with Crippen LogP contribution in [0, 0.1) is 0 Å². The third-order valence-electron chi connectivity index (χ3n) is 20.5. The summed E-state index contributed by atoms with van der Waals surface area (Å²) in [5.41, 5.74) is 17.4.